The van der Waals surface area contributed by atoms with Gasteiger partial charge in [0.25, 0.3) is 0 Å². The van der Waals surface area contributed by atoms with Crippen LogP contribution in [0.1, 0.15) is 5.76 Å². The molecule has 0 aliphatic heterocycles. The molecular weight excluding hydrogens is 234 g/mol. The van der Waals surface area contributed by atoms with Crippen molar-refractivity contribution in [3.05, 3.63) is 42.2 Å². The Morgan fingerprint density at radius 2 is 2.24 bits per heavy atom. The first-order valence-corrected chi connectivity index (χ1v) is 5.71. The fourth-order valence-electron chi connectivity index (χ4n) is 1.46. The molecule has 0 saturated carbocycles. The second-order valence-electron chi connectivity index (χ2n) is 3.57. The minimum atomic E-state index is 0.193. The lowest BCUT2D eigenvalue weighted by Crippen LogP contribution is -2.01. The number of thiol groups is 1. The molecule has 1 aromatic carbocycles. The van der Waals surface area contributed by atoms with Gasteiger partial charge in [-0.2, -0.15) is 17.9 Å². The zero-order valence-electron chi connectivity index (χ0n) is 9.14. The van der Waals surface area contributed by atoms with Crippen LogP contribution in [0.3, 0.4) is 0 Å². The Morgan fingerprint density at radius 1 is 1.47 bits per heavy atom. The van der Waals surface area contributed by atoms with Crippen molar-refractivity contribution in [1.29, 1.82) is 5.26 Å². The lowest BCUT2D eigenvalue weighted by molar-refractivity contribution is 0.349. The number of hydrogen-bond donors (Lipinski definition) is 1. The number of para-hydroxylation sites is 1. The van der Waals surface area contributed by atoms with Crippen LogP contribution in [0.2, 0.25) is 0 Å². The second kappa shape index (κ2) is 4.98. The summed E-state index contributed by atoms with van der Waals surface area (Å²) in [6.07, 6.45) is 0. The van der Waals surface area contributed by atoms with Crippen LogP contribution in [0, 0.1) is 11.3 Å². The first-order chi connectivity index (χ1) is 8.26. The summed E-state index contributed by atoms with van der Waals surface area (Å²) in [7, 11) is 0. The monoisotopic (exact) mass is 245 g/mol. The van der Waals surface area contributed by atoms with Crippen molar-refractivity contribution < 1.29 is 9.15 Å². The van der Waals surface area contributed by atoms with Gasteiger partial charge in [0.05, 0.1) is 5.39 Å². The van der Waals surface area contributed by atoms with Crippen molar-refractivity contribution in [3.63, 3.8) is 0 Å². The molecule has 3 nitrogen and oxygen atoms in total. The van der Waals surface area contributed by atoms with Crippen LogP contribution in [-0.2, 0) is 0 Å². The van der Waals surface area contributed by atoms with Crippen LogP contribution in [0.5, 0.6) is 5.75 Å². The average Bonchev–Trinajstić information content (AvgIpc) is 2.73. The molecule has 0 radical (unpaired) electrons. The molecule has 86 valence electrons. The van der Waals surface area contributed by atoms with Gasteiger partial charge in [0, 0.05) is 5.75 Å². The number of rotatable bonds is 4. The molecule has 0 atom stereocenters. The molecule has 0 aliphatic rings. The van der Waals surface area contributed by atoms with Crippen molar-refractivity contribution in [3.8, 4) is 11.8 Å². The van der Waals surface area contributed by atoms with Crippen LogP contribution in [-0.4, -0.2) is 12.4 Å². The highest BCUT2D eigenvalue weighted by Crippen LogP contribution is 2.32. The summed E-state index contributed by atoms with van der Waals surface area (Å²) in [4.78, 5) is 0. The Kier molecular flexibility index (Phi) is 3.40. The van der Waals surface area contributed by atoms with Gasteiger partial charge in [-0.25, -0.2) is 0 Å². The molecule has 0 N–H and O–H groups in total. The number of ether oxygens (including phenoxy) is 1. The molecule has 0 saturated heterocycles. The van der Waals surface area contributed by atoms with Gasteiger partial charge >= 0.3 is 0 Å². The normalized spacial score (nSPS) is 10.1. The predicted octanol–water partition coefficient (Wildman–Crippen LogP) is 3.17. The molecule has 2 rings (SSSR count). The van der Waals surface area contributed by atoms with E-state index in [-0.39, 0.29) is 5.76 Å². The third-order valence-corrected chi connectivity index (χ3v) is 2.74. The topological polar surface area (TPSA) is 46.2 Å². The molecule has 0 aliphatic carbocycles. The molecular formula is C13H11NO2S. The fraction of sp³-hybridized carbons (Fsp3) is 0.154. The number of hydrogen-bond acceptors (Lipinski definition) is 4. The fourth-order valence-corrected chi connectivity index (χ4v) is 1.55. The first-order valence-electron chi connectivity index (χ1n) is 5.08. The van der Waals surface area contributed by atoms with Gasteiger partial charge in [-0.15, -0.1) is 0 Å². The molecule has 17 heavy (non-hydrogen) atoms. The number of fused-ring (bicyclic) bond motifs is 1. The minimum Gasteiger partial charge on any atom is -0.484 e. The number of nitriles is 1. The highest BCUT2D eigenvalue weighted by molar-refractivity contribution is 7.80. The third-order valence-electron chi connectivity index (χ3n) is 2.30. The summed E-state index contributed by atoms with van der Waals surface area (Å²) in [5, 5.41) is 9.78. The number of benzene rings is 1. The van der Waals surface area contributed by atoms with Crippen LogP contribution in [0.25, 0.3) is 11.0 Å². The second-order valence-corrected chi connectivity index (χ2v) is 3.88. The Morgan fingerprint density at radius 3 is 2.94 bits per heavy atom. The van der Waals surface area contributed by atoms with Gasteiger partial charge in [-0.05, 0) is 17.7 Å². The SMILES string of the molecule is C=C(CS)COc1c(C#N)oc2ccccc12. The van der Waals surface area contributed by atoms with E-state index >= 15 is 0 Å². The van der Waals surface area contributed by atoms with Crippen LogP contribution in [0.4, 0.5) is 0 Å². The maximum absolute atomic E-state index is 8.98. The maximum atomic E-state index is 8.98. The van der Waals surface area contributed by atoms with Crippen molar-refractivity contribution in [1.82, 2.24) is 0 Å². The summed E-state index contributed by atoms with van der Waals surface area (Å²) in [6.45, 7) is 4.13. The summed E-state index contributed by atoms with van der Waals surface area (Å²) in [6, 6.07) is 9.37. The standard InChI is InChI=1S/C13H11NO2S/c1-9(8-17)7-15-13-10-4-2-3-5-11(10)16-12(13)6-14/h2-5,17H,1,7-8H2. The number of nitrogens with zero attached hydrogens (tertiary/aromatic N) is 1. The Bertz CT molecular complexity index is 595. The van der Waals surface area contributed by atoms with E-state index < -0.39 is 0 Å². The van der Waals surface area contributed by atoms with Gasteiger partial charge in [0.1, 0.15) is 18.3 Å². The third kappa shape index (κ3) is 2.29. The van der Waals surface area contributed by atoms with E-state index in [2.05, 4.69) is 19.2 Å². The quantitative estimate of drug-likeness (QED) is 0.664. The Labute approximate surface area is 105 Å². The van der Waals surface area contributed by atoms with Crippen molar-refractivity contribution >= 4 is 23.6 Å². The van der Waals surface area contributed by atoms with E-state index in [0.717, 1.165) is 11.0 Å². The van der Waals surface area contributed by atoms with Crippen molar-refractivity contribution in [2.45, 2.75) is 0 Å². The Hall–Kier alpha value is -1.86. The van der Waals surface area contributed by atoms with Gasteiger partial charge in [-0.3, -0.25) is 0 Å². The zero-order valence-corrected chi connectivity index (χ0v) is 10.0. The summed E-state index contributed by atoms with van der Waals surface area (Å²) < 4.78 is 10.9. The van der Waals surface area contributed by atoms with Gasteiger partial charge in [-0.1, -0.05) is 18.7 Å². The molecule has 1 heterocycles. The van der Waals surface area contributed by atoms with E-state index in [1.165, 1.54) is 0 Å². The highest BCUT2D eigenvalue weighted by atomic mass is 32.1. The summed E-state index contributed by atoms with van der Waals surface area (Å²) >= 11 is 4.10. The highest BCUT2D eigenvalue weighted by Gasteiger charge is 2.14. The van der Waals surface area contributed by atoms with Crippen LogP contribution in [0.15, 0.2) is 40.8 Å². The van der Waals surface area contributed by atoms with Crippen LogP contribution >= 0.6 is 12.6 Å². The molecule has 0 spiro atoms. The lowest BCUT2D eigenvalue weighted by Gasteiger charge is -2.04. The van der Waals surface area contributed by atoms with E-state index in [9.17, 15) is 0 Å². The van der Waals surface area contributed by atoms with Crippen molar-refractivity contribution in [2.75, 3.05) is 12.4 Å². The lowest BCUT2D eigenvalue weighted by atomic mass is 10.2. The van der Waals surface area contributed by atoms with Crippen molar-refractivity contribution in [2.24, 2.45) is 0 Å². The molecule has 2 aromatic rings. The average molecular weight is 245 g/mol. The summed E-state index contributed by atoms with van der Waals surface area (Å²) in [5.74, 6) is 1.22. The van der Waals surface area contributed by atoms with Gasteiger partial charge < -0.3 is 9.15 Å². The molecule has 0 bridgehead atoms. The molecule has 0 amide bonds. The van der Waals surface area contributed by atoms with E-state index in [0.29, 0.717) is 23.7 Å². The number of furan rings is 1. The smallest absolute Gasteiger partial charge is 0.246 e. The minimum absolute atomic E-state index is 0.193. The van der Waals surface area contributed by atoms with E-state index in [1.807, 2.05) is 24.3 Å². The largest absolute Gasteiger partial charge is 0.484 e. The van der Waals surface area contributed by atoms with E-state index in [4.69, 9.17) is 14.4 Å². The predicted molar refractivity (Wildman–Crippen MR) is 69.4 cm³/mol. The zero-order chi connectivity index (χ0) is 12.3. The molecule has 4 heteroatoms. The molecule has 0 unspecified atom stereocenters. The van der Waals surface area contributed by atoms with Gasteiger partial charge in [0.15, 0.2) is 5.75 Å². The summed E-state index contributed by atoms with van der Waals surface area (Å²) in [5.41, 5.74) is 1.50. The molecule has 0 fully saturated rings. The van der Waals surface area contributed by atoms with E-state index in [1.54, 1.807) is 6.07 Å². The van der Waals surface area contributed by atoms with Crippen LogP contribution < -0.4 is 4.74 Å². The first kappa shape index (κ1) is 11.6. The Balaban J connectivity index is 2.37. The van der Waals surface area contributed by atoms with Gasteiger partial charge in [0.2, 0.25) is 5.76 Å². The molecule has 1 aromatic heterocycles. The maximum Gasteiger partial charge on any atom is 0.246 e.